The third kappa shape index (κ3) is 17.8. The first-order chi connectivity index (χ1) is 15.5. The second-order valence-electron chi connectivity index (χ2n) is 9.32. The minimum Gasteiger partial charge on any atom is -0.480 e. The first-order valence-corrected chi connectivity index (χ1v) is 13.2. The van der Waals surface area contributed by atoms with E-state index in [-0.39, 0.29) is 12.2 Å². The van der Waals surface area contributed by atoms with E-state index in [2.05, 4.69) is 13.8 Å². The van der Waals surface area contributed by atoms with Gasteiger partial charge in [0.15, 0.2) is 6.04 Å². The number of aliphatic hydroxyl groups is 1. The molecule has 0 saturated carbocycles. The van der Waals surface area contributed by atoms with Crippen molar-refractivity contribution in [3.8, 4) is 0 Å². The van der Waals surface area contributed by atoms with Crippen molar-refractivity contribution in [3.63, 3.8) is 0 Å². The zero-order valence-corrected chi connectivity index (χ0v) is 21.5. The summed E-state index contributed by atoms with van der Waals surface area (Å²) < 4.78 is 5.32. The quantitative estimate of drug-likeness (QED) is 0.129. The van der Waals surface area contributed by atoms with E-state index in [0.717, 1.165) is 32.1 Å². The van der Waals surface area contributed by atoms with Gasteiger partial charge in [0.1, 0.15) is 0 Å². The largest absolute Gasteiger partial charge is 0.480 e. The lowest BCUT2D eigenvalue weighted by atomic mass is 10.0. The van der Waals surface area contributed by atoms with Crippen LogP contribution in [0.3, 0.4) is 0 Å². The van der Waals surface area contributed by atoms with Crippen LogP contribution in [0.15, 0.2) is 0 Å². The minimum absolute atomic E-state index is 0.0230. The van der Waals surface area contributed by atoms with Crippen LogP contribution >= 0.6 is 0 Å². The standard InChI is InChI=1S/C26H53NO5/c1-5-6-7-8-9-10-11-12-13-14-15-16-17-20-24(21-18-19-23(2)31-4)32-27(3)25(22-28)26(29)30/h23-25,28H,5-22H2,1-4H3,(H,29,30). The van der Waals surface area contributed by atoms with Crippen molar-refractivity contribution in [2.24, 2.45) is 0 Å². The van der Waals surface area contributed by atoms with Gasteiger partial charge in [-0.2, -0.15) is 5.06 Å². The molecule has 0 radical (unpaired) electrons. The lowest BCUT2D eigenvalue weighted by molar-refractivity contribution is -0.220. The molecule has 0 aromatic carbocycles. The number of ether oxygens (including phenoxy) is 1. The minimum atomic E-state index is -1.07. The maximum absolute atomic E-state index is 11.3. The van der Waals surface area contributed by atoms with Crippen LogP contribution < -0.4 is 0 Å². The van der Waals surface area contributed by atoms with Crippen LogP contribution in [0.25, 0.3) is 0 Å². The van der Waals surface area contributed by atoms with E-state index in [0.29, 0.717) is 0 Å². The monoisotopic (exact) mass is 459 g/mol. The highest BCUT2D eigenvalue weighted by molar-refractivity contribution is 5.73. The van der Waals surface area contributed by atoms with Crippen molar-refractivity contribution in [3.05, 3.63) is 0 Å². The molecule has 0 rings (SSSR count). The fourth-order valence-corrected chi connectivity index (χ4v) is 4.05. The Morgan fingerprint density at radius 1 is 0.812 bits per heavy atom. The summed E-state index contributed by atoms with van der Waals surface area (Å²) in [6.45, 7) is 3.86. The summed E-state index contributed by atoms with van der Waals surface area (Å²) in [5.41, 5.74) is 0. The molecule has 0 bridgehead atoms. The molecule has 192 valence electrons. The fourth-order valence-electron chi connectivity index (χ4n) is 4.05. The van der Waals surface area contributed by atoms with Gasteiger partial charge in [0.2, 0.25) is 0 Å². The molecule has 0 spiro atoms. The van der Waals surface area contributed by atoms with Crippen molar-refractivity contribution in [2.75, 3.05) is 20.8 Å². The maximum Gasteiger partial charge on any atom is 0.325 e. The number of likely N-dealkylation sites (N-methyl/N-ethyl adjacent to an activating group) is 1. The van der Waals surface area contributed by atoms with Gasteiger partial charge in [-0.05, 0) is 32.6 Å². The van der Waals surface area contributed by atoms with Gasteiger partial charge < -0.3 is 14.9 Å². The summed E-state index contributed by atoms with van der Waals surface area (Å²) in [6.07, 6.45) is 21.1. The van der Waals surface area contributed by atoms with Crippen molar-refractivity contribution in [1.82, 2.24) is 5.06 Å². The SMILES string of the molecule is CCCCCCCCCCCCCCCC(CCCC(C)OC)ON(C)C(CO)C(=O)O. The van der Waals surface area contributed by atoms with Gasteiger partial charge >= 0.3 is 5.97 Å². The predicted octanol–water partition coefficient (Wildman–Crippen LogP) is 6.35. The molecular weight excluding hydrogens is 406 g/mol. The molecule has 0 aliphatic heterocycles. The normalized spacial score (nSPS) is 14.6. The molecule has 6 nitrogen and oxygen atoms in total. The number of aliphatic hydroxyl groups excluding tert-OH is 1. The van der Waals surface area contributed by atoms with E-state index >= 15 is 0 Å². The number of hydrogen-bond donors (Lipinski definition) is 2. The maximum atomic E-state index is 11.3. The topological polar surface area (TPSA) is 79.2 Å². The number of methoxy groups -OCH3 is 1. The van der Waals surface area contributed by atoms with E-state index in [9.17, 15) is 15.0 Å². The van der Waals surface area contributed by atoms with Crippen molar-refractivity contribution in [2.45, 2.75) is 141 Å². The zero-order chi connectivity index (χ0) is 24.0. The van der Waals surface area contributed by atoms with E-state index in [1.54, 1.807) is 14.2 Å². The van der Waals surface area contributed by atoms with Crippen LogP contribution in [-0.4, -0.2) is 60.3 Å². The molecule has 0 aromatic rings. The Bertz CT molecular complexity index is 421. The van der Waals surface area contributed by atoms with Crippen LogP contribution in [-0.2, 0) is 14.4 Å². The molecule has 32 heavy (non-hydrogen) atoms. The number of carboxylic acids is 1. The number of aliphatic carboxylic acids is 1. The number of nitrogens with zero attached hydrogens (tertiary/aromatic N) is 1. The summed E-state index contributed by atoms with van der Waals surface area (Å²) in [4.78, 5) is 17.2. The smallest absolute Gasteiger partial charge is 0.325 e. The van der Waals surface area contributed by atoms with Gasteiger partial charge in [-0.25, -0.2) is 0 Å². The van der Waals surface area contributed by atoms with Gasteiger partial charge in [-0.15, -0.1) is 0 Å². The highest BCUT2D eigenvalue weighted by atomic mass is 16.7. The Labute approximate surface area is 198 Å². The molecule has 0 amide bonds. The molecule has 0 saturated heterocycles. The molecule has 2 N–H and O–H groups in total. The molecule has 6 heteroatoms. The highest BCUT2D eigenvalue weighted by Crippen LogP contribution is 2.18. The zero-order valence-electron chi connectivity index (χ0n) is 21.5. The third-order valence-electron chi connectivity index (χ3n) is 6.38. The van der Waals surface area contributed by atoms with Crippen molar-refractivity contribution >= 4 is 5.97 Å². The Morgan fingerprint density at radius 2 is 1.28 bits per heavy atom. The van der Waals surface area contributed by atoms with Crippen molar-refractivity contribution < 1.29 is 24.6 Å². The van der Waals surface area contributed by atoms with Crippen molar-refractivity contribution in [1.29, 1.82) is 0 Å². The van der Waals surface area contributed by atoms with Gasteiger partial charge in [0.25, 0.3) is 0 Å². The van der Waals surface area contributed by atoms with Crippen LogP contribution in [0.1, 0.15) is 123 Å². The average molecular weight is 460 g/mol. The molecule has 0 aliphatic carbocycles. The number of hydroxylamine groups is 2. The molecule has 3 atom stereocenters. The summed E-state index contributed by atoms with van der Waals surface area (Å²) in [6, 6.07) is -1.03. The average Bonchev–Trinajstić information content (AvgIpc) is 2.76. The lowest BCUT2D eigenvalue weighted by Gasteiger charge is -2.28. The van der Waals surface area contributed by atoms with E-state index in [1.165, 1.54) is 82.1 Å². The number of carbonyl (C=O) groups is 1. The summed E-state index contributed by atoms with van der Waals surface area (Å²) in [5, 5.41) is 19.9. The Kier molecular flexibility index (Phi) is 21.6. The fraction of sp³-hybridized carbons (Fsp3) is 0.962. The van der Waals surface area contributed by atoms with E-state index in [4.69, 9.17) is 9.57 Å². The third-order valence-corrected chi connectivity index (χ3v) is 6.38. The molecule has 0 aliphatic rings. The first-order valence-electron chi connectivity index (χ1n) is 13.2. The predicted molar refractivity (Wildman–Crippen MR) is 132 cm³/mol. The Balaban J connectivity index is 4.04. The Hall–Kier alpha value is -0.690. The second kappa shape index (κ2) is 22.1. The summed E-state index contributed by atoms with van der Waals surface area (Å²) in [7, 11) is 3.32. The molecule has 0 heterocycles. The second-order valence-corrected chi connectivity index (χ2v) is 9.32. The van der Waals surface area contributed by atoms with E-state index < -0.39 is 18.6 Å². The summed E-state index contributed by atoms with van der Waals surface area (Å²) in [5.74, 6) is -1.07. The van der Waals surface area contributed by atoms with Crippen LogP contribution in [0.2, 0.25) is 0 Å². The molecule has 3 unspecified atom stereocenters. The number of carboxylic acid groups (broad SMARTS) is 1. The van der Waals surface area contributed by atoms with Crippen LogP contribution in [0.5, 0.6) is 0 Å². The molecule has 0 aromatic heterocycles. The van der Waals surface area contributed by atoms with Gasteiger partial charge in [0, 0.05) is 14.2 Å². The molecular formula is C26H53NO5. The number of hydrogen-bond acceptors (Lipinski definition) is 5. The van der Waals surface area contributed by atoms with Gasteiger partial charge in [-0.1, -0.05) is 90.4 Å². The Morgan fingerprint density at radius 3 is 1.72 bits per heavy atom. The van der Waals surface area contributed by atoms with Crippen LogP contribution in [0, 0.1) is 0 Å². The summed E-state index contributed by atoms with van der Waals surface area (Å²) >= 11 is 0. The number of unbranched alkanes of at least 4 members (excludes halogenated alkanes) is 12. The van der Waals surface area contributed by atoms with Gasteiger partial charge in [0.05, 0.1) is 18.8 Å². The van der Waals surface area contributed by atoms with E-state index in [1.807, 2.05) is 0 Å². The lowest BCUT2D eigenvalue weighted by Crippen LogP contribution is -2.43. The highest BCUT2D eigenvalue weighted by Gasteiger charge is 2.25. The van der Waals surface area contributed by atoms with Gasteiger partial charge in [-0.3, -0.25) is 9.63 Å². The molecule has 0 fully saturated rings. The number of rotatable bonds is 24. The first kappa shape index (κ1) is 31.3. The van der Waals surface area contributed by atoms with Crippen LogP contribution in [0.4, 0.5) is 0 Å².